The summed E-state index contributed by atoms with van der Waals surface area (Å²) >= 11 is 0. The van der Waals surface area contributed by atoms with Crippen molar-refractivity contribution in [1.29, 1.82) is 0 Å². The molecule has 0 saturated heterocycles. The van der Waals surface area contributed by atoms with E-state index < -0.39 is 26.6 Å². The molecule has 352 valence electrons. The first kappa shape index (κ1) is 58.5. The van der Waals surface area contributed by atoms with Crippen LogP contribution in [0.3, 0.4) is 0 Å². The Morgan fingerprint density at radius 3 is 1.45 bits per heavy atom. The molecule has 0 spiro atoms. The Morgan fingerprint density at radius 2 is 1.00 bits per heavy atom. The van der Waals surface area contributed by atoms with Crippen molar-refractivity contribution in [3.8, 4) is 0 Å². The summed E-state index contributed by atoms with van der Waals surface area (Å²) in [5, 5.41) is 13.7. The number of unbranched alkanes of at least 4 members (excludes halogenated alkanes) is 27. The van der Waals surface area contributed by atoms with E-state index in [1.165, 1.54) is 154 Å². The number of allylic oxidation sites excluding steroid dienone is 7. The molecule has 1 amide bonds. The van der Waals surface area contributed by atoms with Gasteiger partial charge in [-0.2, -0.15) is 0 Å². The number of phosphoric ester groups is 1. The largest absolute Gasteiger partial charge is 0.756 e. The van der Waals surface area contributed by atoms with Crippen LogP contribution in [0.1, 0.15) is 219 Å². The van der Waals surface area contributed by atoms with E-state index in [-0.39, 0.29) is 12.5 Å². The Kier molecular flexibility index (Phi) is 41.6. The van der Waals surface area contributed by atoms with E-state index in [9.17, 15) is 19.4 Å². The molecule has 0 aromatic carbocycles. The standard InChI is InChI=1S/C51H97N2O6P/c1-6-8-10-12-14-16-17-18-19-20-21-22-23-24-25-26-27-28-29-30-31-32-33-34-35-37-39-41-43-45-51(55)52-49(48-59-60(56,57)58-47-46-53(3,4)5)50(54)44-42-40-38-36-15-13-11-9-7-2/h7,9,15,20-21,36,42,44,49-50,54H,6,8,10-14,16-19,22-35,37-41,43,45-48H2,1-5H3,(H-,52,55,56,57)/b9-7+,21-20-,36-15+,44-42+. The maximum absolute atomic E-state index is 12.8. The number of aliphatic hydroxyl groups excluding tert-OH is 1. The number of aliphatic hydroxyl groups is 1. The van der Waals surface area contributed by atoms with Crippen molar-refractivity contribution in [2.24, 2.45) is 0 Å². The second-order valence-corrected chi connectivity index (χ2v) is 19.6. The molecule has 8 nitrogen and oxygen atoms in total. The predicted molar refractivity (Wildman–Crippen MR) is 256 cm³/mol. The highest BCUT2D eigenvalue weighted by Crippen LogP contribution is 2.38. The van der Waals surface area contributed by atoms with Gasteiger partial charge in [0.15, 0.2) is 0 Å². The second kappa shape index (κ2) is 42.7. The van der Waals surface area contributed by atoms with Gasteiger partial charge in [-0.05, 0) is 64.7 Å². The van der Waals surface area contributed by atoms with Crippen LogP contribution in [0.4, 0.5) is 0 Å². The summed E-state index contributed by atoms with van der Waals surface area (Å²) in [4.78, 5) is 25.3. The molecule has 0 bridgehead atoms. The van der Waals surface area contributed by atoms with Crippen molar-refractivity contribution in [1.82, 2.24) is 5.32 Å². The molecule has 0 aromatic heterocycles. The van der Waals surface area contributed by atoms with E-state index in [4.69, 9.17) is 9.05 Å². The highest BCUT2D eigenvalue weighted by Gasteiger charge is 2.23. The van der Waals surface area contributed by atoms with Crippen LogP contribution in [0, 0.1) is 0 Å². The van der Waals surface area contributed by atoms with Gasteiger partial charge in [-0.3, -0.25) is 9.36 Å². The number of phosphoric acid groups is 1. The molecule has 0 aliphatic rings. The number of carbonyl (C=O) groups excluding carboxylic acids is 1. The van der Waals surface area contributed by atoms with Gasteiger partial charge in [-0.1, -0.05) is 197 Å². The smallest absolute Gasteiger partial charge is 0.268 e. The van der Waals surface area contributed by atoms with Crippen LogP contribution >= 0.6 is 7.82 Å². The minimum absolute atomic E-state index is 0.00949. The molecular weight excluding hydrogens is 768 g/mol. The first-order valence-corrected chi connectivity index (χ1v) is 26.4. The molecule has 9 heteroatoms. The van der Waals surface area contributed by atoms with Gasteiger partial charge in [0, 0.05) is 6.42 Å². The zero-order chi connectivity index (χ0) is 44.3. The van der Waals surface area contributed by atoms with Crippen molar-refractivity contribution in [3.63, 3.8) is 0 Å². The fourth-order valence-electron chi connectivity index (χ4n) is 7.13. The molecule has 3 atom stereocenters. The van der Waals surface area contributed by atoms with Crippen LogP contribution in [0.25, 0.3) is 0 Å². The maximum Gasteiger partial charge on any atom is 0.268 e. The lowest BCUT2D eigenvalue weighted by Gasteiger charge is -2.29. The van der Waals surface area contributed by atoms with Crippen molar-refractivity contribution in [3.05, 3.63) is 48.6 Å². The van der Waals surface area contributed by atoms with Crippen molar-refractivity contribution < 1.29 is 32.9 Å². The van der Waals surface area contributed by atoms with Crippen molar-refractivity contribution >= 4 is 13.7 Å². The molecule has 3 unspecified atom stereocenters. The Bertz CT molecular complexity index is 1120. The summed E-state index contributed by atoms with van der Waals surface area (Å²) < 4.78 is 23.1. The maximum atomic E-state index is 12.8. The summed E-state index contributed by atoms with van der Waals surface area (Å²) in [6.45, 7) is 4.38. The summed E-state index contributed by atoms with van der Waals surface area (Å²) in [5.41, 5.74) is 0. The molecule has 0 radical (unpaired) electrons. The molecule has 60 heavy (non-hydrogen) atoms. The zero-order valence-corrected chi connectivity index (χ0v) is 40.8. The third-order valence-corrected chi connectivity index (χ3v) is 12.0. The lowest BCUT2D eigenvalue weighted by Crippen LogP contribution is -2.45. The number of carbonyl (C=O) groups is 1. The number of nitrogens with one attached hydrogen (secondary N) is 1. The van der Waals surface area contributed by atoms with Crippen LogP contribution in [0.15, 0.2) is 48.6 Å². The van der Waals surface area contributed by atoms with E-state index in [0.29, 0.717) is 17.4 Å². The Hall–Kier alpha value is -1.54. The lowest BCUT2D eigenvalue weighted by molar-refractivity contribution is -0.870. The first-order chi connectivity index (χ1) is 29.0. The molecule has 2 N–H and O–H groups in total. The average molecular weight is 865 g/mol. The van der Waals surface area contributed by atoms with Crippen LogP contribution in [-0.4, -0.2) is 68.5 Å². The predicted octanol–water partition coefficient (Wildman–Crippen LogP) is 13.8. The quantitative estimate of drug-likeness (QED) is 0.0273. The molecule has 0 fully saturated rings. The number of hydrogen-bond donors (Lipinski definition) is 2. The van der Waals surface area contributed by atoms with E-state index in [1.807, 2.05) is 40.2 Å². The molecule has 0 saturated carbocycles. The molecule has 0 aromatic rings. The van der Waals surface area contributed by atoms with Gasteiger partial charge in [0.25, 0.3) is 7.82 Å². The van der Waals surface area contributed by atoms with Gasteiger partial charge in [0.2, 0.25) is 5.91 Å². The van der Waals surface area contributed by atoms with Crippen LogP contribution < -0.4 is 10.2 Å². The normalized spacial score (nSPS) is 14.6. The highest BCUT2D eigenvalue weighted by molar-refractivity contribution is 7.45. The monoisotopic (exact) mass is 865 g/mol. The number of likely N-dealkylation sites (N-methyl/N-ethyl adjacent to an activating group) is 1. The molecule has 0 aliphatic heterocycles. The van der Waals surface area contributed by atoms with Gasteiger partial charge in [-0.15, -0.1) is 0 Å². The molecular formula is C51H97N2O6P. The van der Waals surface area contributed by atoms with Gasteiger partial charge < -0.3 is 28.8 Å². The average Bonchev–Trinajstić information content (AvgIpc) is 3.20. The van der Waals surface area contributed by atoms with E-state index in [2.05, 4.69) is 42.6 Å². The number of quaternary nitrogens is 1. The fraction of sp³-hybridized carbons (Fsp3) is 0.824. The SMILES string of the molecule is C/C=C/CC/C=C/CC/C=C/C(O)C(COP(=O)([O-])OCC[N+](C)(C)C)NC(=O)CCCCCCCCCCCCCCCCCCC/C=C\CCCCCCCCCC. The molecule has 0 heterocycles. The van der Waals surface area contributed by atoms with Crippen molar-refractivity contribution in [2.45, 2.75) is 231 Å². The minimum Gasteiger partial charge on any atom is -0.756 e. The lowest BCUT2D eigenvalue weighted by atomic mass is 10.0. The number of amides is 1. The van der Waals surface area contributed by atoms with Gasteiger partial charge in [-0.25, -0.2) is 0 Å². The van der Waals surface area contributed by atoms with Crippen LogP contribution in [0.2, 0.25) is 0 Å². The summed E-state index contributed by atoms with van der Waals surface area (Å²) in [6, 6.07) is -0.906. The Morgan fingerprint density at radius 1 is 0.600 bits per heavy atom. The third kappa shape index (κ3) is 44.5. The number of rotatable bonds is 45. The summed E-state index contributed by atoms with van der Waals surface area (Å²) in [5.74, 6) is -0.213. The van der Waals surface area contributed by atoms with E-state index in [1.54, 1.807) is 6.08 Å². The number of nitrogens with zero attached hydrogens (tertiary/aromatic N) is 1. The fourth-order valence-corrected chi connectivity index (χ4v) is 7.85. The summed E-state index contributed by atoms with van der Waals surface area (Å²) in [6.07, 6.45) is 55.1. The van der Waals surface area contributed by atoms with E-state index in [0.717, 1.165) is 44.9 Å². The van der Waals surface area contributed by atoms with Crippen LogP contribution in [0.5, 0.6) is 0 Å². The first-order valence-electron chi connectivity index (χ1n) is 25.0. The Labute approximate surface area is 371 Å². The number of hydrogen-bond acceptors (Lipinski definition) is 6. The van der Waals surface area contributed by atoms with Gasteiger partial charge in [0.05, 0.1) is 39.9 Å². The van der Waals surface area contributed by atoms with Gasteiger partial charge in [0.1, 0.15) is 13.2 Å². The highest BCUT2D eigenvalue weighted by atomic mass is 31.2. The van der Waals surface area contributed by atoms with E-state index >= 15 is 0 Å². The zero-order valence-electron chi connectivity index (χ0n) is 39.9. The molecule has 0 rings (SSSR count). The topological polar surface area (TPSA) is 108 Å². The Balaban J connectivity index is 4.02. The molecule has 0 aliphatic carbocycles. The van der Waals surface area contributed by atoms with Crippen LogP contribution in [-0.2, 0) is 18.4 Å². The second-order valence-electron chi connectivity index (χ2n) is 18.2. The minimum atomic E-state index is -4.59. The summed E-state index contributed by atoms with van der Waals surface area (Å²) in [7, 11) is 1.23. The van der Waals surface area contributed by atoms with Crippen molar-refractivity contribution in [2.75, 3.05) is 40.9 Å². The third-order valence-electron chi connectivity index (χ3n) is 11.1. The van der Waals surface area contributed by atoms with Gasteiger partial charge >= 0.3 is 0 Å².